The molecule has 9 N–H and O–H groups in total. The second kappa shape index (κ2) is 10.9. The van der Waals surface area contributed by atoms with E-state index in [0.717, 1.165) is 12.8 Å². The van der Waals surface area contributed by atoms with E-state index in [-0.39, 0.29) is 0 Å². The molecule has 0 aromatic rings. The number of nitrogens with two attached hydrogens (primary N) is 3. The van der Waals surface area contributed by atoms with Gasteiger partial charge < -0.3 is 32.5 Å². The van der Waals surface area contributed by atoms with Crippen LogP contribution >= 0.6 is 0 Å². The molecule has 0 bridgehead atoms. The topological polar surface area (TPSA) is 173 Å². The Morgan fingerprint density at radius 2 is 1.61 bits per heavy atom. The normalized spacial score (nSPS) is 14.9. The van der Waals surface area contributed by atoms with Gasteiger partial charge in [-0.05, 0) is 26.3 Å². The summed E-state index contributed by atoms with van der Waals surface area (Å²) in [5.74, 6) is -2.11. The second-order valence-electron chi connectivity index (χ2n) is 3.83. The quantitative estimate of drug-likeness (QED) is 0.295. The first-order chi connectivity index (χ1) is 8.23. The minimum Gasteiger partial charge on any atom is -0.480 e. The number of hydrogen-bond acceptors (Lipinski definition) is 6. The van der Waals surface area contributed by atoms with Gasteiger partial charge in [-0.1, -0.05) is 6.42 Å². The molecule has 8 nitrogen and oxygen atoms in total. The molecule has 0 aromatic carbocycles. The molecule has 0 aliphatic heterocycles. The molecule has 0 aliphatic carbocycles. The third-order valence-electron chi connectivity index (χ3n) is 2.09. The Morgan fingerprint density at radius 1 is 1.11 bits per heavy atom. The maximum absolute atomic E-state index is 10.1. The lowest BCUT2D eigenvalue weighted by Crippen LogP contribution is -2.39. The van der Waals surface area contributed by atoms with Crippen molar-refractivity contribution in [3.63, 3.8) is 0 Å². The Morgan fingerprint density at radius 3 is 1.83 bits per heavy atom. The van der Waals surface area contributed by atoms with Gasteiger partial charge in [0, 0.05) is 0 Å². The van der Waals surface area contributed by atoms with Gasteiger partial charge in [0.05, 0.1) is 6.10 Å². The van der Waals surface area contributed by atoms with E-state index in [1.54, 1.807) is 0 Å². The van der Waals surface area contributed by atoms with E-state index in [0.29, 0.717) is 13.0 Å². The summed E-state index contributed by atoms with van der Waals surface area (Å²) >= 11 is 0. The molecule has 0 spiro atoms. The number of rotatable bonds is 7. The minimum atomic E-state index is -1.18. The van der Waals surface area contributed by atoms with Gasteiger partial charge in [-0.3, -0.25) is 9.59 Å². The van der Waals surface area contributed by atoms with E-state index < -0.39 is 30.1 Å². The number of carboxylic acids is 2. The van der Waals surface area contributed by atoms with Crippen molar-refractivity contribution in [3.8, 4) is 0 Å². The lowest BCUT2D eigenvalue weighted by Gasteiger charge is -2.06. The van der Waals surface area contributed by atoms with Crippen molar-refractivity contribution >= 4 is 11.9 Å². The van der Waals surface area contributed by atoms with Crippen LogP contribution in [0.1, 0.15) is 26.2 Å². The number of aliphatic hydroxyl groups is 1. The maximum atomic E-state index is 10.1. The molecule has 0 fully saturated rings. The van der Waals surface area contributed by atoms with E-state index >= 15 is 0 Å². The third-order valence-corrected chi connectivity index (χ3v) is 2.09. The van der Waals surface area contributed by atoms with Gasteiger partial charge in [-0.2, -0.15) is 0 Å². The summed E-state index contributed by atoms with van der Waals surface area (Å²) in [5.41, 5.74) is 15.3. The van der Waals surface area contributed by atoms with Crippen LogP contribution in [0.4, 0.5) is 0 Å². The summed E-state index contributed by atoms with van der Waals surface area (Å²) in [6.45, 7) is 1.94. The van der Waals surface area contributed by atoms with Crippen molar-refractivity contribution in [2.45, 2.75) is 44.4 Å². The van der Waals surface area contributed by atoms with Gasteiger partial charge in [-0.25, -0.2) is 0 Å². The summed E-state index contributed by atoms with van der Waals surface area (Å²) in [4.78, 5) is 20.0. The highest BCUT2D eigenvalue weighted by molar-refractivity contribution is 5.73. The summed E-state index contributed by atoms with van der Waals surface area (Å²) in [6.07, 6.45) is 1.18. The van der Waals surface area contributed by atoms with Crippen LogP contribution in [0.2, 0.25) is 0 Å². The first-order valence-electron chi connectivity index (χ1n) is 5.58. The molecule has 0 saturated carbocycles. The van der Waals surface area contributed by atoms with Gasteiger partial charge >= 0.3 is 11.9 Å². The number of aliphatic carboxylic acids is 2. The lowest BCUT2D eigenvalue weighted by molar-refractivity contribution is -0.141. The zero-order valence-corrected chi connectivity index (χ0v) is 10.5. The zero-order valence-electron chi connectivity index (χ0n) is 10.5. The molecule has 0 rings (SSSR count). The van der Waals surface area contributed by atoms with Crippen molar-refractivity contribution in [2.24, 2.45) is 17.2 Å². The maximum Gasteiger partial charge on any atom is 0.323 e. The molecule has 0 radical (unpaired) electrons. The average Bonchev–Trinajstić information content (AvgIpc) is 2.28. The number of aliphatic hydroxyl groups excluding tert-OH is 1. The van der Waals surface area contributed by atoms with Crippen molar-refractivity contribution in [3.05, 3.63) is 0 Å². The van der Waals surface area contributed by atoms with Crippen LogP contribution in [0.15, 0.2) is 0 Å². The van der Waals surface area contributed by atoms with Crippen LogP contribution in [0.5, 0.6) is 0 Å². The summed E-state index contributed by atoms with van der Waals surface area (Å²) < 4.78 is 0. The molecule has 3 atom stereocenters. The van der Waals surface area contributed by atoms with Gasteiger partial charge in [-0.15, -0.1) is 0 Å². The minimum absolute atomic E-state index is 0.520. The van der Waals surface area contributed by atoms with Gasteiger partial charge in [0.2, 0.25) is 0 Å². The first-order valence-corrected chi connectivity index (χ1v) is 5.58. The molecule has 0 aliphatic rings. The van der Waals surface area contributed by atoms with Crippen LogP contribution in [0, 0.1) is 0 Å². The van der Waals surface area contributed by atoms with E-state index in [1.807, 2.05) is 0 Å². The van der Waals surface area contributed by atoms with Crippen LogP contribution in [-0.4, -0.2) is 52.0 Å². The molecule has 108 valence electrons. The van der Waals surface area contributed by atoms with Crippen molar-refractivity contribution in [2.75, 3.05) is 6.54 Å². The van der Waals surface area contributed by atoms with E-state index in [4.69, 9.17) is 32.5 Å². The second-order valence-corrected chi connectivity index (χ2v) is 3.83. The van der Waals surface area contributed by atoms with Gasteiger partial charge in [0.15, 0.2) is 0 Å². The van der Waals surface area contributed by atoms with Crippen LogP contribution < -0.4 is 17.2 Å². The number of unbranched alkanes of at least 4 members (excludes halogenated alkanes) is 1. The van der Waals surface area contributed by atoms with Crippen LogP contribution in [-0.2, 0) is 9.59 Å². The van der Waals surface area contributed by atoms with Gasteiger partial charge in [0.25, 0.3) is 0 Å². The fraction of sp³-hybridized carbons (Fsp3) is 0.800. The van der Waals surface area contributed by atoms with Crippen molar-refractivity contribution < 1.29 is 24.9 Å². The van der Waals surface area contributed by atoms with E-state index in [2.05, 4.69) is 0 Å². The highest BCUT2D eigenvalue weighted by Gasteiger charge is 2.16. The highest BCUT2D eigenvalue weighted by Crippen LogP contribution is 1.96. The average molecular weight is 265 g/mol. The predicted molar refractivity (Wildman–Crippen MR) is 65.8 cm³/mol. The number of carbonyl (C=O) groups is 2. The summed E-state index contributed by atoms with van der Waals surface area (Å²) in [5, 5.41) is 24.9. The molecular formula is C10H23N3O5. The molecule has 8 heteroatoms. The van der Waals surface area contributed by atoms with Crippen LogP contribution in [0.25, 0.3) is 0 Å². The Labute approximate surface area is 106 Å². The largest absolute Gasteiger partial charge is 0.480 e. The summed E-state index contributed by atoms with van der Waals surface area (Å²) in [6, 6.07) is -1.87. The Hall–Kier alpha value is -1.22. The first kappa shape index (κ1) is 19.1. The van der Waals surface area contributed by atoms with Crippen molar-refractivity contribution in [1.82, 2.24) is 0 Å². The number of carboxylic acid groups (broad SMARTS) is 2. The molecule has 0 amide bonds. The fourth-order valence-corrected chi connectivity index (χ4v) is 0.838. The zero-order chi connectivity index (χ0) is 14.7. The number of hydrogen-bond donors (Lipinski definition) is 6. The van der Waals surface area contributed by atoms with E-state index in [1.165, 1.54) is 6.92 Å². The van der Waals surface area contributed by atoms with Gasteiger partial charge in [0.1, 0.15) is 12.1 Å². The fourth-order valence-electron chi connectivity index (χ4n) is 0.838. The molecule has 1 unspecified atom stereocenters. The predicted octanol–water partition coefficient (Wildman–Crippen LogP) is -1.69. The monoisotopic (exact) mass is 265 g/mol. The third kappa shape index (κ3) is 11.3. The SMILES string of the molecule is CC(O)[C@H](N)C(=O)O.NCCCC[C@H](N)C(=O)O. The standard InChI is InChI=1S/C6H14N2O2.C4H9NO3/c7-4-2-1-3-5(8)6(9)10;1-2(6)3(5)4(7)8/h5H,1-4,7-8H2,(H,9,10);2-3,6H,5H2,1H3,(H,7,8)/t5-;2?,3-/m00/s1. The Kier molecular flexibility index (Phi) is 11.6. The highest BCUT2D eigenvalue weighted by atomic mass is 16.4. The smallest absolute Gasteiger partial charge is 0.323 e. The lowest BCUT2D eigenvalue weighted by atomic mass is 10.1. The molecule has 0 saturated heterocycles. The summed E-state index contributed by atoms with van der Waals surface area (Å²) in [7, 11) is 0. The molecule has 18 heavy (non-hydrogen) atoms. The Bertz CT molecular complexity index is 248. The Balaban J connectivity index is 0. The van der Waals surface area contributed by atoms with Crippen molar-refractivity contribution in [1.29, 1.82) is 0 Å². The molecular weight excluding hydrogens is 242 g/mol. The molecule has 0 heterocycles. The van der Waals surface area contributed by atoms with Crippen LogP contribution in [0.3, 0.4) is 0 Å². The van der Waals surface area contributed by atoms with E-state index in [9.17, 15) is 9.59 Å². The molecule has 0 aromatic heterocycles.